The fraction of sp³-hybridized carbons (Fsp3) is 0.400. The molecule has 0 N–H and O–H groups in total. The number of hydrogen-bond acceptors (Lipinski definition) is 5. The van der Waals surface area contributed by atoms with Crippen molar-refractivity contribution in [2.24, 2.45) is 7.05 Å². The molecule has 0 unspecified atom stereocenters. The Bertz CT molecular complexity index is 936. The molecule has 2 aromatic heterocycles. The number of benzene rings is 1. The van der Waals surface area contributed by atoms with Crippen LogP contribution < -0.4 is 0 Å². The van der Waals surface area contributed by atoms with Crippen molar-refractivity contribution in [1.82, 2.24) is 29.4 Å². The highest BCUT2D eigenvalue weighted by atomic mass is 15.3. The lowest BCUT2D eigenvalue weighted by molar-refractivity contribution is 0.195. The second-order valence-corrected chi connectivity index (χ2v) is 7.12. The molecule has 0 radical (unpaired) electrons. The van der Waals surface area contributed by atoms with Crippen LogP contribution in [0.4, 0.5) is 0 Å². The Balaban J connectivity index is 1.45. The third-order valence-corrected chi connectivity index (χ3v) is 5.19. The normalized spacial score (nSPS) is 17.7. The third-order valence-electron chi connectivity index (χ3n) is 5.19. The summed E-state index contributed by atoms with van der Waals surface area (Å²) in [5, 5.41) is 22.2. The molecule has 3 aromatic rings. The molecule has 1 aliphatic heterocycles. The summed E-state index contributed by atoms with van der Waals surface area (Å²) >= 11 is 0. The molecular weight excluding hydrogens is 338 g/mol. The molecule has 138 valence electrons. The summed E-state index contributed by atoms with van der Waals surface area (Å²) in [5.74, 6) is 2.35. The molecule has 7 nitrogen and oxygen atoms in total. The lowest BCUT2D eigenvalue weighted by Crippen LogP contribution is -2.34. The first kappa shape index (κ1) is 17.4. The van der Waals surface area contributed by atoms with Crippen molar-refractivity contribution in [2.75, 3.05) is 13.1 Å². The first-order chi connectivity index (χ1) is 13.2. The van der Waals surface area contributed by atoms with Gasteiger partial charge in [0.05, 0.1) is 11.6 Å². The van der Waals surface area contributed by atoms with Gasteiger partial charge in [0, 0.05) is 38.4 Å². The minimum Gasteiger partial charge on any atom is -0.316 e. The van der Waals surface area contributed by atoms with Crippen LogP contribution in [0.2, 0.25) is 0 Å². The van der Waals surface area contributed by atoms with Gasteiger partial charge in [-0.15, -0.1) is 10.2 Å². The summed E-state index contributed by atoms with van der Waals surface area (Å²) in [6.45, 7) is 3.54. The smallest absolute Gasteiger partial charge is 0.154 e. The Morgan fingerprint density at radius 1 is 1.22 bits per heavy atom. The fourth-order valence-corrected chi connectivity index (χ4v) is 3.81. The Morgan fingerprint density at radius 2 is 2.15 bits per heavy atom. The summed E-state index contributed by atoms with van der Waals surface area (Å²) in [7, 11) is 2.05. The Morgan fingerprint density at radius 3 is 2.96 bits per heavy atom. The van der Waals surface area contributed by atoms with Crippen molar-refractivity contribution in [3.8, 4) is 6.07 Å². The minimum absolute atomic E-state index is 0.377. The van der Waals surface area contributed by atoms with Crippen molar-refractivity contribution in [3.05, 3.63) is 65.5 Å². The van der Waals surface area contributed by atoms with E-state index in [1.54, 1.807) is 6.20 Å². The molecule has 0 bridgehead atoms. The standard InChI is InChI=1S/C20H23N7/c1-25-19(15-27-10-4-8-22-27)23-24-20(25)18-7-3-9-26(14-18)13-17-6-2-5-16(11-17)12-21/h2,4-6,8,10-11,18H,3,7,9,13-15H2,1H3/t18-/m0/s1. The second kappa shape index (κ2) is 7.72. The van der Waals surface area contributed by atoms with E-state index in [9.17, 15) is 0 Å². The summed E-state index contributed by atoms with van der Waals surface area (Å²) in [6.07, 6.45) is 5.98. The van der Waals surface area contributed by atoms with Crippen molar-refractivity contribution in [2.45, 2.75) is 31.8 Å². The summed E-state index contributed by atoms with van der Waals surface area (Å²) in [4.78, 5) is 2.45. The van der Waals surface area contributed by atoms with Crippen LogP contribution in [0.5, 0.6) is 0 Å². The van der Waals surface area contributed by atoms with Crippen LogP contribution in [-0.4, -0.2) is 42.5 Å². The molecule has 27 heavy (non-hydrogen) atoms. The van der Waals surface area contributed by atoms with Crippen molar-refractivity contribution < 1.29 is 0 Å². The number of rotatable bonds is 5. The molecule has 3 heterocycles. The van der Waals surface area contributed by atoms with Gasteiger partial charge in [0.25, 0.3) is 0 Å². The lowest BCUT2D eigenvalue weighted by Gasteiger charge is -2.32. The largest absolute Gasteiger partial charge is 0.316 e. The maximum Gasteiger partial charge on any atom is 0.154 e. The zero-order valence-corrected chi connectivity index (χ0v) is 15.5. The van der Waals surface area contributed by atoms with E-state index in [2.05, 4.69) is 36.9 Å². The van der Waals surface area contributed by atoms with Gasteiger partial charge >= 0.3 is 0 Å². The highest BCUT2D eigenvalue weighted by Crippen LogP contribution is 2.27. The van der Waals surface area contributed by atoms with Crippen molar-refractivity contribution >= 4 is 0 Å². The third kappa shape index (κ3) is 3.91. The molecule has 0 amide bonds. The number of likely N-dealkylation sites (tertiary alicyclic amines) is 1. The van der Waals surface area contributed by atoms with E-state index in [0.717, 1.165) is 49.7 Å². The first-order valence-corrected chi connectivity index (χ1v) is 9.30. The van der Waals surface area contributed by atoms with Crippen molar-refractivity contribution in [1.29, 1.82) is 5.26 Å². The van der Waals surface area contributed by atoms with Gasteiger partial charge in [-0.05, 0) is 43.1 Å². The van der Waals surface area contributed by atoms with Crippen LogP contribution in [0.25, 0.3) is 0 Å². The molecule has 1 fully saturated rings. The second-order valence-electron chi connectivity index (χ2n) is 7.12. The number of nitriles is 1. The predicted octanol–water partition coefficient (Wildman–Crippen LogP) is 2.31. The summed E-state index contributed by atoms with van der Waals surface area (Å²) in [6, 6.07) is 12.0. The molecule has 4 rings (SSSR count). The molecule has 1 aliphatic rings. The van der Waals surface area contributed by atoms with E-state index in [1.165, 1.54) is 5.56 Å². The maximum absolute atomic E-state index is 9.10. The average Bonchev–Trinajstić information content (AvgIpc) is 3.33. The van der Waals surface area contributed by atoms with E-state index in [0.29, 0.717) is 12.5 Å². The lowest BCUT2D eigenvalue weighted by atomic mass is 9.96. The average molecular weight is 361 g/mol. The molecule has 1 saturated heterocycles. The zero-order valence-electron chi connectivity index (χ0n) is 15.5. The van der Waals surface area contributed by atoms with Crippen LogP contribution in [0.1, 0.15) is 41.5 Å². The first-order valence-electron chi connectivity index (χ1n) is 9.30. The van der Waals surface area contributed by atoms with Gasteiger partial charge in [0.15, 0.2) is 5.82 Å². The van der Waals surface area contributed by atoms with Gasteiger partial charge in [-0.25, -0.2) is 0 Å². The molecular formula is C20H23N7. The number of aromatic nitrogens is 5. The maximum atomic E-state index is 9.10. The van der Waals surface area contributed by atoms with E-state index < -0.39 is 0 Å². The van der Waals surface area contributed by atoms with E-state index in [1.807, 2.05) is 42.2 Å². The number of hydrogen-bond donors (Lipinski definition) is 0. The van der Waals surface area contributed by atoms with Gasteiger partial charge in [-0.3, -0.25) is 9.58 Å². The fourth-order valence-electron chi connectivity index (χ4n) is 3.81. The quantitative estimate of drug-likeness (QED) is 0.697. The monoisotopic (exact) mass is 361 g/mol. The van der Waals surface area contributed by atoms with Gasteiger partial charge < -0.3 is 4.57 Å². The van der Waals surface area contributed by atoms with E-state index >= 15 is 0 Å². The molecule has 7 heteroatoms. The van der Waals surface area contributed by atoms with Crippen molar-refractivity contribution in [3.63, 3.8) is 0 Å². The molecule has 0 aliphatic carbocycles. The molecule has 0 spiro atoms. The SMILES string of the molecule is Cn1c(Cn2cccn2)nnc1[C@H]1CCCN(Cc2cccc(C#N)c2)C1. The van der Waals surface area contributed by atoms with Gasteiger partial charge in [-0.1, -0.05) is 12.1 Å². The van der Waals surface area contributed by atoms with Crippen LogP contribution in [0.3, 0.4) is 0 Å². The van der Waals surface area contributed by atoms with Gasteiger partial charge in [-0.2, -0.15) is 10.4 Å². The predicted molar refractivity (Wildman–Crippen MR) is 101 cm³/mol. The van der Waals surface area contributed by atoms with Gasteiger partial charge in [0.2, 0.25) is 0 Å². The topological polar surface area (TPSA) is 75.6 Å². The number of nitrogens with zero attached hydrogens (tertiary/aromatic N) is 7. The van der Waals surface area contributed by atoms with E-state index in [4.69, 9.17) is 5.26 Å². The highest BCUT2D eigenvalue weighted by molar-refractivity contribution is 5.32. The minimum atomic E-state index is 0.377. The summed E-state index contributed by atoms with van der Waals surface area (Å²) in [5.41, 5.74) is 1.91. The zero-order chi connectivity index (χ0) is 18.6. The Hall–Kier alpha value is -2.98. The van der Waals surface area contributed by atoms with Gasteiger partial charge in [0.1, 0.15) is 12.4 Å². The van der Waals surface area contributed by atoms with E-state index in [-0.39, 0.29) is 0 Å². The van der Waals surface area contributed by atoms with Crippen LogP contribution in [-0.2, 0) is 20.1 Å². The molecule has 0 saturated carbocycles. The number of piperidine rings is 1. The van der Waals surface area contributed by atoms with Crippen LogP contribution in [0.15, 0.2) is 42.7 Å². The molecule has 1 aromatic carbocycles. The Kier molecular flexibility index (Phi) is 4.99. The van der Waals surface area contributed by atoms with Crippen LogP contribution >= 0.6 is 0 Å². The Labute approximate surface area is 158 Å². The summed E-state index contributed by atoms with van der Waals surface area (Å²) < 4.78 is 3.98. The van der Waals surface area contributed by atoms with Crippen LogP contribution in [0, 0.1) is 11.3 Å². The highest BCUT2D eigenvalue weighted by Gasteiger charge is 2.26. The molecule has 1 atom stereocenters.